The summed E-state index contributed by atoms with van der Waals surface area (Å²) < 4.78 is 27.1. The number of benzene rings is 2. The van der Waals surface area contributed by atoms with E-state index >= 15 is 0 Å². The van der Waals surface area contributed by atoms with Crippen LogP contribution in [0.2, 0.25) is 0 Å². The van der Waals surface area contributed by atoms with E-state index in [1.54, 1.807) is 24.1 Å². The van der Waals surface area contributed by atoms with Gasteiger partial charge in [0.05, 0.1) is 0 Å². The van der Waals surface area contributed by atoms with Gasteiger partial charge in [-0.3, -0.25) is 0 Å². The maximum absolute atomic E-state index is 13.0. The number of hydrogen-bond acceptors (Lipinski definition) is 4. The summed E-state index contributed by atoms with van der Waals surface area (Å²) in [5.41, 5.74) is 1.83. The highest BCUT2D eigenvalue weighted by molar-refractivity contribution is 7.97. The number of fused-ring (bicyclic) bond motifs is 1. The molecule has 0 bridgehead atoms. The number of ether oxygens (including phenoxy) is 2. The molecule has 4 rings (SSSR count). The van der Waals surface area contributed by atoms with E-state index in [1.807, 2.05) is 19.1 Å². The van der Waals surface area contributed by atoms with Gasteiger partial charge in [-0.15, -0.1) is 24.8 Å². The summed E-state index contributed by atoms with van der Waals surface area (Å²) >= 11 is 7.01. The molecule has 2 aliphatic rings. The first-order valence-corrected chi connectivity index (χ1v) is 12.6. The number of hydrogen-bond donors (Lipinski definition) is 0. The second-order valence-corrected chi connectivity index (χ2v) is 9.04. The Morgan fingerprint density at radius 3 is 2.12 bits per heavy atom. The second kappa shape index (κ2) is 16.6. The van der Waals surface area contributed by atoms with Crippen molar-refractivity contribution in [2.45, 2.75) is 57.6 Å². The van der Waals surface area contributed by atoms with Crippen LogP contribution in [-0.2, 0) is 0 Å². The van der Waals surface area contributed by atoms with Crippen LogP contribution in [0.15, 0.2) is 72.7 Å². The van der Waals surface area contributed by atoms with Crippen molar-refractivity contribution in [3.05, 3.63) is 79.2 Å². The third-order valence-electron chi connectivity index (χ3n) is 4.30. The minimum atomic E-state index is -0.499. The first kappa shape index (κ1) is 29.1. The lowest BCUT2D eigenvalue weighted by Crippen LogP contribution is -2.22. The zero-order valence-corrected chi connectivity index (χ0v) is 21.7. The maximum Gasteiger partial charge on any atom is 0.267 e. The first-order chi connectivity index (χ1) is 16.0. The zero-order chi connectivity index (χ0) is 24.6. The van der Waals surface area contributed by atoms with Crippen LogP contribution in [0.3, 0.4) is 0 Å². The third-order valence-corrected chi connectivity index (χ3v) is 5.85. The Hall–Kier alpha value is -1.95. The molecule has 0 N–H and O–H groups in total. The molecule has 0 aliphatic carbocycles. The highest BCUT2D eigenvalue weighted by Gasteiger charge is 2.26. The van der Waals surface area contributed by atoms with Gasteiger partial charge >= 0.3 is 0 Å². The summed E-state index contributed by atoms with van der Waals surface area (Å²) in [6.07, 6.45) is 4.62. The van der Waals surface area contributed by atoms with Crippen molar-refractivity contribution in [2.75, 3.05) is 19.0 Å². The Morgan fingerprint density at radius 1 is 1.03 bits per heavy atom. The minimum Gasteiger partial charge on any atom is -0.447 e. The average molecular weight is 494 g/mol. The Balaban J connectivity index is 0.000000469. The molecule has 2 aliphatic heterocycles. The fourth-order valence-corrected chi connectivity index (χ4v) is 3.88. The van der Waals surface area contributed by atoms with Crippen LogP contribution in [0.5, 0.6) is 11.5 Å². The van der Waals surface area contributed by atoms with Crippen molar-refractivity contribution < 1.29 is 13.9 Å². The zero-order valence-electron chi connectivity index (χ0n) is 20.1. The standard InChI is InChI=1S/C18H18FNO2S.C4H7Cl.C3H8.C2H4/c19-14-6-4-13(5-7-14)18-21-16-9-8-15(12-17(16)22-18)23-20-10-2-1-3-11-20;1-4(2)3-5;1-3-2;1-2/h4-9,12,18H,1-3,10-11H2;1,3H2,2H3;3H2,1-2H3;1-2H2. The lowest BCUT2D eigenvalue weighted by atomic mass is 10.2. The van der Waals surface area contributed by atoms with Gasteiger partial charge in [-0.1, -0.05) is 38.8 Å². The first-order valence-electron chi connectivity index (χ1n) is 11.3. The van der Waals surface area contributed by atoms with E-state index in [9.17, 15) is 4.39 Å². The molecule has 182 valence electrons. The monoisotopic (exact) mass is 493 g/mol. The molecule has 0 aromatic heterocycles. The molecular formula is C27H37ClFNO2S. The summed E-state index contributed by atoms with van der Waals surface area (Å²) in [4.78, 5) is 1.16. The molecule has 0 spiro atoms. The quantitative estimate of drug-likeness (QED) is 0.241. The van der Waals surface area contributed by atoms with Crippen LogP contribution in [-0.4, -0.2) is 23.3 Å². The van der Waals surface area contributed by atoms with E-state index in [2.05, 4.69) is 44.0 Å². The van der Waals surface area contributed by atoms with Gasteiger partial charge in [0, 0.05) is 29.4 Å². The van der Waals surface area contributed by atoms with E-state index in [-0.39, 0.29) is 5.82 Å². The molecule has 2 heterocycles. The van der Waals surface area contributed by atoms with Crippen molar-refractivity contribution in [3.8, 4) is 11.5 Å². The fourth-order valence-electron chi connectivity index (χ4n) is 2.85. The molecule has 1 unspecified atom stereocenters. The van der Waals surface area contributed by atoms with E-state index in [1.165, 1.54) is 37.8 Å². The third kappa shape index (κ3) is 10.7. The van der Waals surface area contributed by atoms with Gasteiger partial charge in [-0.25, -0.2) is 8.70 Å². The van der Waals surface area contributed by atoms with Crippen molar-refractivity contribution in [3.63, 3.8) is 0 Å². The number of nitrogens with zero attached hydrogens (tertiary/aromatic N) is 1. The van der Waals surface area contributed by atoms with E-state index in [4.69, 9.17) is 21.1 Å². The largest absolute Gasteiger partial charge is 0.447 e. The van der Waals surface area contributed by atoms with Crippen LogP contribution >= 0.6 is 23.5 Å². The molecule has 2 aromatic rings. The molecule has 3 nitrogen and oxygen atoms in total. The predicted molar refractivity (Wildman–Crippen MR) is 141 cm³/mol. The summed E-state index contributed by atoms with van der Waals surface area (Å²) in [7, 11) is 0. The molecule has 1 fully saturated rings. The molecular weight excluding hydrogens is 457 g/mol. The highest BCUT2D eigenvalue weighted by atomic mass is 35.5. The number of piperidine rings is 1. The molecule has 6 heteroatoms. The van der Waals surface area contributed by atoms with E-state index in [0.717, 1.165) is 40.6 Å². The van der Waals surface area contributed by atoms with Gasteiger partial charge < -0.3 is 9.47 Å². The maximum atomic E-state index is 13.0. The van der Waals surface area contributed by atoms with Gasteiger partial charge in [0.1, 0.15) is 5.82 Å². The topological polar surface area (TPSA) is 21.7 Å². The van der Waals surface area contributed by atoms with Crippen LogP contribution in [0.25, 0.3) is 0 Å². The second-order valence-electron chi connectivity index (χ2n) is 7.61. The smallest absolute Gasteiger partial charge is 0.267 e. The number of allylic oxidation sites excluding steroid dienone is 1. The Bertz CT molecular complexity index is 825. The number of alkyl halides is 1. The molecule has 1 saturated heterocycles. The summed E-state index contributed by atoms with van der Waals surface area (Å²) in [6, 6.07) is 12.3. The van der Waals surface area contributed by atoms with Crippen molar-refractivity contribution in [1.82, 2.24) is 4.31 Å². The Morgan fingerprint density at radius 2 is 1.58 bits per heavy atom. The number of halogens is 2. The normalized spacial score (nSPS) is 16.2. The molecule has 1 atom stereocenters. The van der Waals surface area contributed by atoms with E-state index in [0.29, 0.717) is 5.88 Å². The van der Waals surface area contributed by atoms with Crippen molar-refractivity contribution in [2.24, 2.45) is 0 Å². The minimum absolute atomic E-state index is 0.260. The van der Waals surface area contributed by atoms with Gasteiger partial charge in [0.2, 0.25) is 0 Å². The van der Waals surface area contributed by atoms with Crippen LogP contribution in [0, 0.1) is 5.82 Å². The van der Waals surface area contributed by atoms with Gasteiger partial charge in [0.15, 0.2) is 11.5 Å². The van der Waals surface area contributed by atoms with Crippen molar-refractivity contribution >= 4 is 23.5 Å². The van der Waals surface area contributed by atoms with Crippen LogP contribution in [0.4, 0.5) is 4.39 Å². The van der Waals surface area contributed by atoms with E-state index < -0.39 is 6.29 Å². The predicted octanol–water partition coefficient (Wildman–Crippen LogP) is 8.81. The molecule has 0 amide bonds. The lowest BCUT2D eigenvalue weighted by Gasteiger charge is -2.24. The summed E-state index contributed by atoms with van der Waals surface area (Å²) in [6.45, 7) is 18.0. The van der Waals surface area contributed by atoms with Crippen LogP contribution < -0.4 is 9.47 Å². The molecule has 0 radical (unpaired) electrons. The lowest BCUT2D eigenvalue weighted by molar-refractivity contribution is 0.0486. The van der Waals surface area contributed by atoms with Gasteiger partial charge in [-0.05, 0) is 74.2 Å². The Labute approximate surface area is 208 Å². The Kier molecular flexibility index (Phi) is 14.7. The molecule has 33 heavy (non-hydrogen) atoms. The van der Waals surface area contributed by atoms with Gasteiger partial charge in [-0.2, -0.15) is 0 Å². The number of rotatable bonds is 4. The summed E-state index contributed by atoms with van der Waals surface area (Å²) in [5.74, 6) is 1.81. The SMILES string of the molecule is C=C.C=C(C)CCl.CCC.Fc1ccc(C2Oc3ccc(SN4CCCCC4)cc3O2)cc1. The van der Waals surface area contributed by atoms with Gasteiger partial charge in [0.25, 0.3) is 6.29 Å². The molecule has 2 aromatic carbocycles. The highest BCUT2D eigenvalue weighted by Crippen LogP contribution is 2.43. The van der Waals surface area contributed by atoms with Crippen LogP contribution in [0.1, 0.15) is 58.3 Å². The molecule has 0 saturated carbocycles. The fraction of sp³-hybridized carbons (Fsp3) is 0.407. The summed E-state index contributed by atoms with van der Waals surface area (Å²) in [5, 5.41) is 0. The average Bonchev–Trinajstić information content (AvgIpc) is 3.26. The van der Waals surface area contributed by atoms with Crippen molar-refractivity contribution in [1.29, 1.82) is 0 Å².